The minimum atomic E-state index is -2.10. The third-order valence-electron chi connectivity index (χ3n) is 6.54. The molecule has 0 bridgehead atoms. The van der Waals surface area contributed by atoms with Gasteiger partial charge in [0, 0.05) is 27.1 Å². The Morgan fingerprint density at radius 3 is 1.60 bits per heavy atom. The molecule has 6 heteroatoms. The minimum absolute atomic E-state index is 0.0174. The molecule has 2 amide bonds. The predicted octanol–water partition coefficient (Wildman–Crippen LogP) is 2.90. The van der Waals surface area contributed by atoms with Gasteiger partial charge in [-0.1, -0.05) is 54.6 Å². The average Bonchev–Trinajstić information content (AvgIpc) is 2.88. The molecule has 1 atom stereocenters. The van der Waals surface area contributed by atoms with Gasteiger partial charge in [0.25, 0.3) is 0 Å². The summed E-state index contributed by atoms with van der Waals surface area (Å²) in [4.78, 5) is 28.6. The number of benzene rings is 3. The van der Waals surface area contributed by atoms with Crippen LogP contribution < -0.4 is 21.2 Å². The maximum atomic E-state index is 12.7. The van der Waals surface area contributed by atoms with Crippen LogP contribution in [0.4, 0.5) is 0 Å². The lowest BCUT2D eigenvalue weighted by Crippen LogP contribution is -2.46. The molecule has 35 heavy (non-hydrogen) atoms. The molecule has 0 spiro atoms. The number of hydrogen-bond donors (Lipinski definition) is 1. The van der Waals surface area contributed by atoms with Crippen molar-refractivity contribution in [1.82, 2.24) is 15.1 Å². The quantitative estimate of drug-likeness (QED) is 0.421. The molecule has 0 aliphatic carbocycles. The van der Waals surface area contributed by atoms with Gasteiger partial charge in [-0.05, 0) is 50.4 Å². The topological polar surface area (TPSA) is 52.7 Å². The van der Waals surface area contributed by atoms with Crippen LogP contribution >= 0.6 is 7.26 Å². The van der Waals surface area contributed by atoms with Crippen LogP contribution in [0.2, 0.25) is 0 Å². The number of carbonyl (C=O) groups excluding carboxylic acids is 2. The van der Waals surface area contributed by atoms with Gasteiger partial charge in [0.2, 0.25) is 11.8 Å². The van der Waals surface area contributed by atoms with E-state index in [2.05, 4.69) is 103 Å². The molecule has 0 saturated carbocycles. The highest BCUT2D eigenvalue weighted by Gasteiger charge is 2.50. The molecule has 0 heterocycles. The Balaban J connectivity index is 2.03. The van der Waals surface area contributed by atoms with Crippen molar-refractivity contribution in [1.29, 1.82) is 0 Å². The Morgan fingerprint density at radius 1 is 0.800 bits per heavy atom. The molecule has 0 aromatic heterocycles. The Labute approximate surface area is 210 Å². The zero-order valence-corrected chi connectivity index (χ0v) is 22.1. The summed E-state index contributed by atoms with van der Waals surface area (Å²) in [6.07, 6.45) is 0. The van der Waals surface area contributed by atoms with E-state index in [1.165, 1.54) is 15.9 Å². The number of hydrogen-bond acceptors (Lipinski definition) is 3. The largest absolute Gasteiger partial charge is 0.343 e. The molecular weight excluding hydrogens is 453 g/mol. The zero-order chi connectivity index (χ0) is 25.3. The molecule has 0 aliphatic heterocycles. The Morgan fingerprint density at radius 2 is 1.23 bits per heavy atom. The highest BCUT2D eigenvalue weighted by molar-refractivity contribution is 7.96. The summed E-state index contributed by atoms with van der Waals surface area (Å²) in [7, 11) is 1.45. The van der Waals surface area contributed by atoms with E-state index in [0.717, 1.165) is 0 Å². The molecule has 0 aliphatic rings. The predicted molar refractivity (Wildman–Crippen MR) is 148 cm³/mol. The van der Waals surface area contributed by atoms with Crippen LogP contribution in [0.1, 0.15) is 13.8 Å². The van der Waals surface area contributed by atoms with Crippen molar-refractivity contribution in [2.45, 2.75) is 19.5 Å². The fraction of sp³-hybridized carbons (Fsp3) is 0.310. The third-order valence-corrected chi connectivity index (χ3v) is 11.4. The van der Waals surface area contributed by atoms with E-state index in [9.17, 15) is 9.59 Å². The second-order valence-electron chi connectivity index (χ2n) is 8.89. The number of amides is 2. The van der Waals surface area contributed by atoms with Crippen LogP contribution in [0.15, 0.2) is 91.0 Å². The number of nitrogens with zero attached hydrogens (tertiary/aromatic N) is 2. The van der Waals surface area contributed by atoms with Gasteiger partial charge < -0.3 is 15.1 Å². The standard InChI is InChI=1S/C29H37N3O2P/c1-24(23-32(25(2)33)21-20-31(4)29(34)22-30-3)35(26-14-8-5-9-15-26,27-16-10-6-11-17-27)28-18-12-7-13-19-28/h5-19,24,30H,20-23H2,1-4H3/q+1. The molecule has 0 fully saturated rings. The molecule has 3 aromatic rings. The number of carbonyl (C=O) groups is 2. The lowest BCUT2D eigenvalue weighted by Gasteiger charge is -2.36. The summed E-state index contributed by atoms with van der Waals surface area (Å²) < 4.78 is 0. The Kier molecular flexibility index (Phi) is 9.59. The zero-order valence-electron chi connectivity index (χ0n) is 21.2. The highest BCUT2D eigenvalue weighted by atomic mass is 31.2. The van der Waals surface area contributed by atoms with Crippen LogP contribution in [-0.4, -0.2) is 67.5 Å². The summed E-state index contributed by atoms with van der Waals surface area (Å²) >= 11 is 0. The molecule has 0 saturated heterocycles. The maximum absolute atomic E-state index is 12.7. The van der Waals surface area contributed by atoms with E-state index in [-0.39, 0.29) is 24.0 Å². The third kappa shape index (κ3) is 6.17. The summed E-state index contributed by atoms with van der Waals surface area (Å²) in [5.74, 6) is 0.0438. The number of likely N-dealkylation sites (N-methyl/N-ethyl adjacent to an activating group) is 2. The number of rotatable bonds is 11. The van der Waals surface area contributed by atoms with E-state index in [4.69, 9.17) is 0 Å². The summed E-state index contributed by atoms with van der Waals surface area (Å²) in [6, 6.07) is 32.2. The molecule has 184 valence electrons. The maximum Gasteiger partial charge on any atom is 0.236 e. The molecule has 3 aromatic carbocycles. The lowest BCUT2D eigenvalue weighted by atomic mass is 10.3. The second-order valence-corrected chi connectivity index (χ2v) is 12.8. The van der Waals surface area contributed by atoms with E-state index in [1.807, 2.05) is 4.90 Å². The first-order chi connectivity index (χ1) is 16.9. The first kappa shape index (κ1) is 26.6. The smallest absolute Gasteiger partial charge is 0.236 e. The van der Waals surface area contributed by atoms with E-state index >= 15 is 0 Å². The van der Waals surface area contributed by atoms with Gasteiger partial charge in [-0.3, -0.25) is 9.59 Å². The minimum Gasteiger partial charge on any atom is -0.343 e. The van der Waals surface area contributed by atoms with E-state index in [0.29, 0.717) is 19.6 Å². The van der Waals surface area contributed by atoms with Crippen LogP contribution in [0, 0.1) is 0 Å². The van der Waals surface area contributed by atoms with Crippen LogP contribution in [0.3, 0.4) is 0 Å². The van der Waals surface area contributed by atoms with Crippen molar-refractivity contribution in [3.05, 3.63) is 91.0 Å². The first-order valence-corrected chi connectivity index (χ1v) is 14.0. The van der Waals surface area contributed by atoms with Crippen LogP contribution in [0.5, 0.6) is 0 Å². The van der Waals surface area contributed by atoms with Gasteiger partial charge >= 0.3 is 0 Å². The van der Waals surface area contributed by atoms with Gasteiger partial charge in [-0.2, -0.15) is 0 Å². The van der Waals surface area contributed by atoms with Gasteiger partial charge in [-0.15, -0.1) is 0 Å². The van der Waals surface area contributed by atoms with E-state index < -0.39 is 7.26 Å². The summed E-state index contributed by atoms with van der Waals surface area (Å²) in [5.41, 5.74) is 0.164. The molecular formula is C29H37N3O2P+. The molecule has 5 nitrogen and oxygen atoms in total. The van der Waals surface area contributed by atoms with Crippen LogP contribution in [-0.2, 0) is 9.59 Å². The second kappa shape index (κ2) is 12.6. The van der Waals surface area contributed by atoms with Gasteiger partial charge in [0.15, 0.2) is 0 Å². The molecule has 3 rings (SSSR count). The van der Waals surface area contributed by atoms with Crippen LogP contribution in [0.25, 0.3) is 0 Å². The Bertz CT molecular complexity index is 980. The molecule has 1 unspecified atom stereocenters. The van der Waals surface area contributed by atoms with Crippen molar-refractivity contribution in [2.24, 2.45) is 0 Å². The first-order valence-electron chi connectivity index (χ1n) is 12.1. The van der Waals surface area contributed by atoms with E-state index in [1.54, 1.807) is 25.9 Å². The van der Waals surface area contributed by atoms with Gasteiger partial charge in [-0.25, -0.2) is 0 Å². The molecule has 0 radical (unpaired) electrons. The summed E-state index contributed by atoms with van der Waals surface area (Å²) in [6.45, 7) is 5.79. The number of nitrogens with one attached hydrogen (secondary N) is 1. The summed E-state index contributed by atoms with van der Waals surface area (Å²) in [5, 5.41) is 6.80. The lowest BCUT2D eigenvalue weighted by molar-refractivity contribution is -0.132. The normalized spacial score (nSPS) is 12.1. The fourth-order valence-electron chi connectivity index (χ4n) is 4.70. The highest BCUT2D eigenvalue weighted by Crippen LogP contribution is 2.59. The average molecular weight is 491 g/mol. The van der Waals surface area contributed by atoms with Crippen molar-refractivity contribution in [3.63, 3.8) is 0 Å². The fourth-order valence-corrected chi connectivity index (χ4v) is 9.49. The molecule has 1 N–H and O–H groups in total. The Hall–Kier alpha value is -3.01. The van der Waals surface area contributed by atoms with Gasteiger partial charge in [0.05, 0.1) is 18.7 Å². The van der Waals surface area contributed by atoms with Crippen molar-refractivity contribution in [3.8, 4) is 0 Å². The van der Waals surface area contributed by atoms with Crippen molar-refractivity contribution < 1.29 is 9.59 Å². The van der Waals surface area contributed by atoms with Crippen molar-refractivity contribution >= 4 is 35.0 Å². The van der Waals surface area contributed by atoms with Crippen molar-refractivity contribution in [2.75, 3.05) is 40.3 Å². The monoisotopic (exact) mass is 490 g/mol. The van der Waals surface area contributed by atoms with Gasteiger partial charge in [0.1, 0.15) is 23.2 Å². The SMILES string of the molecule is CNCC(=O)N(C)CCN(CC(C)[P+](c1ccccc1)(c1ccccc1)c1ccccc1)C(C)=O.